The summed E-state index contributed by atoms with van der Waals surface area (Å²) in [5, 5.41) is 0. The summed E-state index contributed by atoms with van der Waals surface area (Å²) in [7, 11) is 0. The number of carbonyl (C=O) groups excluding carboxylic acids is 1. The molecule has 0 saturated heterocycles. The highest BCUT2D eigenvalue weighted by Gasteiger charge is 2.25. The second kappa shape index (κ2) is 6.80. The van der Waals surface area contributed by atoms with Crippen molar-refractivity contribution in [3.05, 3.63) is 0 Å². The SMILES string of the molecule is CCCCOC(=O)COC1CCCC1N. The van der Waals surface area contributed by atoms with E-state index in [9.17, 15) is 4.79 Å². The molecule has 2 atom stereocenters. The van der Waals surface area contributed by atoms with Crippen LogP contribution in [0.1, 0.15) is 39.0 Å². The van der Waals surface area contributed by atoms with E-state index in [1.54, 1.807) is 0 Å². The molecule has 0 aromatic heterocycles. The van der Waals surface area contributed by atoms with Gasteiger partial charge in [0, 0.05) is 6.04 Å². The number of hydrogen-bond donors (Lipinski definition) is 1. The molecule has 0 aromatic rings. The molecule has 1 aliphatic carbocycles. The minimum atomic E-state index is -0.275. The molecule has 0 amide bonds. The number of carbonyl (C=O) groups is 1. The van der Waals surface area contributed by atoms with Gasteiger partial charge in [-0.05, 0) is 25.7 Å². The molecule has 2 unspecified atom stereocenters. The number of rotatable bonds is 6. The number of hydrogen-bond acceptors (Lipinski definition) is 4. The van der Waals surface area contributed by atoms with E-state index in [1.165, 1.54) is 0 Å². The highest BCUT2D eigenvalue weighted by molar-refractivity contribution is 5.70. The first kappa shape index (κ1) is 12.5. The Morgan fingerprint density at radius 2 is 2.27 bits per heavy atom. The second-order valence-corrected chi connectivity index (χ2v) is 4.02. The molecule has 0 spiro atoms. The van der Waals surface area contributed by atoms with Crippen LogP contribution >= 0.6 is 0 Å². The highest BCUT2D eigenvalue weighted by Crippen LogP contribution is 2.19. The van der Waals surface area contributed by atoms with Gasteiger partial charge in [0.2, 0.25) is 0 Å². The van der Waals surface area contributed by atoms with Crippen molar-refractivity contribution in [2.75, 3.05) is 13.2 Å². The quantitative estimate of drug-likeness (QED) is 0.534. The fourth-order valence-corrected chi connectivity index (χ4v) is 1.71. The molecule has 1 rings (SSSR count). The standard InChI is InChI=1S/C11H21NO3/c1-2-3-7-14-11(13)8-15-10-6-4-5-9(10)12/h9-10H,2-8,12H2,1H3. The Bertz CT molecular complexity index is 196. The van der Waals surface area contributed by atoms with Crippen molar-refractivity contribution >= 4 is 5.97 Å². The van der Waals surface area contributed by atoms with E-state index >= 15 is 0 Å². The summed E-state index contributed by atoms with van der Waals surface area (Å²) >= 11 is 0. The van der Waals surface area contributed by atoms with Crippen LogP contribution in [0.2, 0.25) is 0 Å². The van der Waals surface area contributed by atoms with Crippen LogP contribution in [0.3, 0.4) is 0 Å². The molecule has 88 valence electrons. The molecule has 1 aliphatic rings. The predicted octanol–water partition coefficient (Wildman–Crippen LogP) is 1.23. The van der Waals surface area contributed by atoms with Crippen molar-refractivity contribution in [3.63, 3.8) is 0 Å². The predicted molar refractivity (Wildman–Crippen MR) is 57.4 cm³/mol. The normalized spacial score (nSPS) is 25.5. The molecule has 0 radical (unpaired) electrons. The first-order valence-electron chi connectivity index (χ1n) is 5.77. The molecule has 4 nitrogen and oxygen atoms in total. The summed E-state index contributed by atoms with van der Waals surface area (Å²) in [4.78, 5) is 11.2. The molecule has 0 bridgehead atoms. The van der Waals surface area contributed by atoms with Crippen LogP contribution in [-0.4, -0.2) is 31.3 Å². The molecule has 0 aromatic carbocycles. The van der Waals surface area contributed by atoms with E-state index in [0.717, 1.165) is 32.1 Å². The lowest BCUT2D eigenvalue weighted by Crippen LogP contribution is -2.33. The number of nitrogens with two attached hydrogens (primary N) is 1. The molecular formula is C11H21NO3. The zero-order chi connectivity index (χ0) is 11.1. The van der Waals surface area contributed by atoms with E-state index in [1.807, 2.05) is 0 Å². The summed E-state index contributed by atoms with van der Waals surface area (Å²) in [5.41, 5.74) is 5.81. The lowest BCUT2D eigenvalue weighted by atomic mass is 10.2. The fourth-order valence-electron chi connectivity index (χ4n) is 1.71. The van der Waals surface area contributed by atoms with Crippen LogP contribution < -0.4 is 5.73 Å². The fraction of sp³-hybridized carbons (Fsp3) is 0.909. The third-order valence-corrected chi connectivity index (χ3v) is 2.68. The van der Waals surface area contributed by atoms with E-state index < -0.39 is 0 Å². The Kier molecular flexibility index (Phi) is 5.65. The molecule has 4 heteroatoms. The van der Waals surface area contributed by atoms with Crippen LogP contribution in [0.25, 0.3) is 0 Å². The van der Waals surface area contributed by atoms with Crippen molar-refractivity contribution in [2.45, 2.75) is 51.2 Å². The first-order chi connectivity index (χ1) is 7.24. The Hall–Kier alpha value is -0.610. The molecule has 1 saturated carbocycles. The zero-order valence-electron chi connectivity index (χ0n) is 9.41. The van der Waals surface area contributed by atoms with Gasteiger partial charge in [-0.15, -0.1) is 0 Å². The Morgan fingerprint density at radius 3 is 2.87 bits per heavy atom. The average molecular weight is 215 g/mol. The van der Waals surface area contributed by atoms with Gasteiger partial charge in [-0.3, -0.25) is 0 Å². The van der Waals surface area contributed by atoms with Crippen molar-refractivity contribution in [1.82, 2.24) is 0 Å². The maximum atomic E-state index is 11.2. The van der Waals surface area contributed by atoms with Gasteiger partial charge < -0.3 is 15.2 Å². The summed E-state index contributed by atoms with van der Waals surface area (Å²) in [5.74, 6) is -0.275. The Morgan fingerprint density at radius 1 is 1.47 bits per heavy atom. The zero-order valence-corrected chi connectivity index (χ0v) is 9.41. The van der Waals surface area contributed by atoms with Crippen molar-refractivity contribution in [2.24, 2.45) is 5.73 Å². The molecule has 0 aliphatic heterocycles. The summed E-state index contributed by atoms with van der Waals surface area (Å²) < 4.78 is 10.4. The van der Waals surface area contributed by atoms with Crippen LogP contribution in [0.5, 0.6) is 0 Å². The number of esters is 1. The first-order valence-corrected chi connectivity index (χ1v) is 5.77. The largest absolute Gasteiger partial charge is 0.464 e. The smallest absolute Gasteiger partial charge is 0.332 e. The van der Waals surface area contributed by atoms with Crippen molar-refractivity contribution < 1.29 is 14.3 Å². The maximum absolute atomic E-state index is 11.2. The van der Waals surface area contributed by atoms with E-state index in [0.29, 0.717) is 6.61 Å². The van der Waals surface area contributed by atoms with Gasteiger partial charge in [0.25, 0.3) is 0 Å². The van der Waals surface area contributed by atoms with Gasteiger partial charge in [0.15, 0.2) is 0 Å². The summed E-state index contributed by atoms with van der Waals surface area (Å²) in [6.45, 7) is 2.60. The lowest BCUT2D eigenvalue weighted by molar-refractivity contribution is -0.151. The van der Waals surface area contributed by atoms with Crippen LogP contribution in [0, 0.1) is 0 Å². The van der Waals surface area contributed by atoms with E-state index in [2.05, 4.69) is 6.92 Å². The molecule has 15 heavy (non-hydrogen) atoms. The van der Waals surface area contributed by atoms with Crippen molar-refractivity contribution in [3.8, 4) is 0 Å². The van der Waals surface area contributed by atoms with Gasteiger partial charge in [0.1, 0.15) is 6.61 Å². The maximum Gasteiger partial charge on any atom is 0.332 e. The van der Waals surface area contributed by atoms with Crippen LogP contribution in [-0.2, 0) is 14.3 Å². The molecule has 0 heterocycles. The topological polar surface area (TPSA) is 61.5 Å². The minimum Gasteiger partial charge on any atom is -0.464 e. The van der Waals surface area contributed by atoms with Gasteiger partial charge in [-0.2, -0.15) is 0 Å². The summed E-state index contributed by atoms with van der Waals surface area (Å²) in [6.07, 6.45) is 5.04. The highest BCUT2D eigenvalue weighted by atomic mass is 16.6. The van der Waals surface area contributed by atoms with Crippen LogP contribution in [0.4, 0.5) is 0 Å². The minimum absolute atomic E-state index is 0.0437. The average Bonchev–Trinajstić information content (AvgIpc) is 2.61. The third-order valence-electron chi connectivity index (χ3n) is 2.68. The molecular weight excluding hydrogens is 194 g/mol. The van der Waals surface area contributed by atoms with Gasteiger partial charge in [-0.1, -0.05) is 13.3 Å². The van der Waals surface area contributed by atoms with Crippen molar-refractivity contribution in [1.29, 1.82) is 0 Å². The van der Waals surface area contributed by atoms with E-state index in [-0.39, 0.29) is 24.7 Å². The second-order valence-electron chi connectivity index (χ2n) is 4.02. The Labute approximate surface area is 91.1 Å². The van der Waals surface area contributed by atoms with Gasteiger partial charge >= 0.3 is 5.97 Å². The summed E-state index contributed by atoms with van der Waals surface area (Å²) in [6, 6.07) is 0.0911. The van der Waals surface area contributed by atoms with Gasteiger partial charge in [-0.25, -0.2) is 4.79 Å². The van der Waals surface area contributed by atoms with Crippen LogP contribution in [0.15, 0.2) is 0 Å². The molecule has 2 N–H and O–H groups in total. The monoisotopic (exact) mass is 215 g/mol. The Balaban J connectivity index is 2.05. The van der Waals surface area contributed by atoms with E-state index in [4.69, 9.17) is 15.2 Å². The van der Waals surface area contributed by atoms with Gasteiger partial charge in [0.05, 0.1) is 12.7 Å². The molecule has 1 fully saturated rings. The third kappa shape index (κ3) is 4.62. The number of unbranched alkanes of at least 4 members (excludes halogenated alkanes) is 1. The lowest BCUT2D eigenvalue weighted by Gasteiger charge is -2.15. The number of ether oxygens (including phenoxy) is 2.